The number of carbonyl (C=O) groups is 1. The molecule has 3 N–H and O–H groups in total. The number of rotatable bonds is 9. The van der Waals surface area contributed by atoms with Gasteiger partial charge in [0.1, 0.15) is 28.1 Å². The quantitative estimate of drug-likeness (QED) is 0.425. The van der Waals surface area contributed by atoms with E-state index in [4.69, 9.17) is 0 Å². The molecule has 3 rings (SSSR count). The summed E-state index contributed by atoms with van der Waals surface area (Å²) in [5.74, 6) is -1.66. The third kappa shape index (κ3) is 6.00. The van der Waals surface area contributed by atoms with Gasteiger partial charge in [0.25, 0.3) is 5.91 Å². The lowest BCUT2D eigenvalue weighted by Gasteiger charge is -2.21. The molecule has 0 aliphatic heterocycles. The summed E-state index contributed by atoms with van der Waals surface area (Å²) in [6.45, 7) is -1.16. The van der Waals surface area contributed by atoms with E-state index in [0.717, 1.165) is 6.26 Å². The molecule has 2 atom stereocenters. The first kappa shape index (κ1) is 24.0. The Balaban J connectivity index is 1.76. The van der Waals surface area contributed by atoms with E-state index < -0.39 is 41.2 Å². The number of alkyl halides is 3. The minimum atomic E-state index is -3.35. The first-order valence-electron chi connectivity index (χ1n) is 9.20. The Kier molecular flexibility index (Phi) is 7.44. The monoisotopic (exact) mass is 488 g/mol. The van der Waals surface area contributed by atoms with Gasteiger partial charge in [-0.15, -0.1) is 0 Å². The highest BCUT2D eigenvalue weighted by atomic mass is 32.2. The number of aromatic nitrogens is 2. The van der Waals surface area contributed by atoms with E-state index in [2.05, 4.69) is 14.7 Å². The Morgan fingerprint density at radius 2 is 1.91 bits per heavy atom. The molecule has 2 aromatic heterocycles. The molecular formula is C19H19F3N4O4S2. The van der Waals surface area contributed by atoms with Crippen LogP contribution in [0.15, 0.2) is 36.5 Å². The van der Waals surface area contributed by atoms with Crippen LogP contribution in [0.25, 0.3) is 21.5 Å². The van der Waals surface area contributed by atoms with Crippen molar-refractivity contribution in [1.82, 2.24) is 20.0 Å². The van der Waals surface area contributed by atoms with Crippen molar-refractivity contribution in [2.45, 2.75) is 25.1 Å². The molecule has 2 heterocycles. The van der Waals surface area contributed by atoms with Crippen LogP contribution in [0.2, 0.25) is 0 Å². The van der Waals surface area contributed by atoms with Gasteiger partial charge in [-0.2, -0.15) is 8.78 Å². The number of nitrogens with one attached hydrogen (secondary N) is 2. The highest BCUT2D eigenvalue weighted by molar-refractivity contribution is 7.88. The second-order valence-corrected chi connectivity index (χ2v) is 9.78. The Labute approximate surface area is 185 Å². The maximum Gasteiger partial charge on any atom is 0.315 e. The van der Waals surface area contributed by atoms with Gasteiger partial charge >= 0.3 is 6.43 Å². The van der Waals surface area contributed by atoms with Gasteiger partial charge in [-0.1, -0.05) is 35.6 Å². The summed E-state index contributed by atoms with van der Waals surface area (Å²) >= 11 is 1.26. The van der Waals surface area contributed by atoms with Gasteiger partial charge in [-0.25, -0.2) is 27.5 Å². The number of hydrogen-bond acceptors (Lipinski definition) is 7. The number of amides is 1. The van der Waals surface area contributed by atoms with Crippen LogP contribution in [0.4, 0.5) is 13.2 Å². The number of aliphatic hydroxyl groups excluding tert-OH is 1. The van der Waals surface area contributed by atoms with Crippen LogP contribution in [-0.2, 0) is 21.4 Å². The highest BCUT2D eigenvalue weighted by Gasteiger charge is 2.26. The zero-order valence-corrected chi connectivity index (χ0v) is 18.3. The summed E-state index contributed by atoms with van der Waals surface area (Å²) in [5, 5.41) is 12.6. The summed E-state index contributed by atoms with van der Waals surface area (Å²) in [7, 11) is -3.35. The standard InChI is InChI=1S/C19H19F3N4O4S2/c1-32(29,30)24-9-15-25-13-6-12(8-23-19(13)31-15)10-2-4-11(5-3-10)16(27)14(7-20)26-18(28)17(21)22/h2-6,8,14,16-17,24,27H,7,9H2,1H3,(H,26,28). The second-order valence-electron chi connectivity index (χ2n) is 6.89. The molecule has 0 radical (unpaired) electrons. The van der Waals surface area contributed by atoms with Gasteiger partial charge in [0.15, 0.2) is 0 Å². The summed E-state index contributed by atoms with van der Waals surface area (Å²) in [5.41, 5.74) is 2.21. The van der Waals surface area contributed by atoms with Crippen molar-refractivity contribution in [3.05, 3.63) is 47.1 Å². The smallest absolute Gasteiger partial charge is 0.315 e. The SMILES string of the molecule is CS(=O)(=O)NCc1nc2cc(-c3ccc(C(O)C(CF)NC(=O)C(F)F)cc3)cnc2s1. The largest absolute Gasteiger partial charge is 0.386 e. The number of thiazole rings is 1. The Hall–Kier alpha value is -2.61. The average Bonchev–Trinajstić information content (AvgIpc) is 3.17. The summed E-state index contributed by atoms with van der Waals surface area (Å²) in [6.07, 6.45) is -2.16. The molecule has 0 saturated heterocycles. The fourth-order valence-corrected chi connectivity index (χ4v) is 4.16. The highest BCUT2D eigenvalue weighted by Crippen LogP contribution is 2.27. The van der Waals surface area contributed by atoms with Gasteiger partial charge in [-0.05, 0) is 17.2 Å². The lowest BCUT2D eigenvalue weighted by Crippen LogP contribution is -2.43. The van der Waals surface area contributed by atoms with E-state index >= 15 is 0 Å². The first-order valence-corrected chi connectivity index (χ1v) is 11.9. The number of fused-ring (bicyclic) bond motifs is 1. The molecule has 1 amide bonds. The van der Waals surface area contributed by atoms with E-state index in [1.165, 1.54) is 23.5 Å². The van der Waals surface area contributed by atoms with Crippen LogP contribution in [-0.4, -0.2) is 54.8 Å². The molecule has 0 bridgehead atoms. The van der Waals surface area contributed by atoms with Crippen molar-refractivity contribution in [2.75, 3.05) is 12.9 Å². The van der Waals surface area contributed by atoms with Crippen molar-refractivity contribution < 1.29 is 31.5 Å². The maximum absolute atomic E-state index is 13.2. The number of nitrogens with zero attached hydrogens (tertiary/aromatic N) is 2. The molecular weight excluding hydrogens is 469 g/mol. The molecule has 172 valence electrons. The number of halogens is 3. The Morgan fingerprint density at radius 1 is 1.22 bits per heavy atom. The predicted molar refractivity (Wildman–Crippen MR) is 113 cm³/mol. The molecule has 3 aromatic rings. The molecule has 13 heteroatoms. The molecule has 0 saturated carbocycles. The van der Waals surface area contributed by atoms with Gasteiger partial charge in [0.05, 0.1) is 18.8 Å². The number of sulfonamides is 1. The molecule has 2 unspecified atom stereocenters. The second kappa shape index (κ2) is 9.90. The summed E-state index contributed by atoms with van der Waals surface area (Å²) in [6, 6.07) is 6.50. The number of benzene rings is 1. The minimum Gasteiger partial charge on any atom is -0.386 e. The van der Waals surface area contributed by atoms with E-state index in [1.807, 2.05) is 0 Å². The third-order valence-electron chi connectivity index (χ3n) is 4.44. The van der Waals surface area contributed by atoms with Crippen molar-refractivity contribution in [3.63, 3.8) is 0 Å². The third-order valence-corrected chi connectivity index (χ3v) is 6.08. The zero-order valence-electron chi connectivity index (χ0n) is 16.6. The number of hydrogen-bond donors (Lipinski definition) is 3. The normalized spacial score (nSPS) is 13.9. The van der Waals surface area contributed by atoms with E-state index in [0.29, 0.717) is 26.5 Å². The van der Waals surface area contributed by atoms with Crippen LogP contribution >= 0.6 is 11.3 Å². The van der Waals surface area contributed by atoms with Crippen LogP contribution in [0.3, 0.4) is 0 Å². The number of pyridine rings is 1. The molecule has 0 aliphatic carbocycles. The van der Waals surface area contributed by atoms with E-state index in [9.17, 15) is 31.5 Å². The van der Waals surface area contributed by atoms with Gasteiger partial charge in [0, 0.05) is 11.8 Å². The number of aliphatic hydroxyl groups is 1. The molecule has 1 aromatic carbocycles. The van der Waals surface area contributed by atoms with Gasteiger partial charge in [-0.3, -0.25) is 4.79 Å². The van der Waals surface area contributed by atoms with Crippen LogP contribution in [0.1, 0.15) is 16.7 Å². The predicted octanol–water partition coefficient (Wildman–Crippen LogP) is 2.16. The minimum absolute atomic E-state index is 0.0552. The van der Waals surface area contributed by atoms with Crippen LogP contribution in [0, 0.1) is 0 Å². The lowest BCUT2D eigenvalue weighted by atomic mass is 9.99. The maximum atomic E-state index is 13.2. The fourth-order valence-electron chi connectivity index (χ4n) is 2.85. The van der Waals surface area contributed by atoms with Crippen molar-refractivity contribution in [1.29, 1.82) is 0 Å². The van der Waals surface area contributed by atoms with Crippen molar-refractivity contribution in [3.8, 4) is 11.1 Å². The van der Waals surface area contributed by atoms with E-state index in [-0.39, 0.29) is 12.1 Å². The van der Waals surface area contributed by atoms with E-state index in [1.54, 1.807) is 29.7 Å². The van der Waals surface area contributed by atoms with Crippen LogP contribution in [0.5, 0.6) is 0 Å². The zero-order chi connectivity index (χ0) is 23.5. The summed E-state index contributed by atoms with van der Waals surface area (Å²) < 4.78 is 62.8. The lowest BCUT2D eigenvalue weighted by molar-refractivity contribution is -0.133. The Morgan fingerprint density at radius 3 is 2.50 bits per heavy atom. The first-order chi connectivity index (χ1) is 15.1. The van der Waals surface area contributed by atoms with Gasteiger partial charge in [0.2, 0.25) is 10.0 Å². The fraction of sp³-hybridized carbons (Fsp3) is 0.316. The molecule has 32 heavy (non-hydrogen) atoms. The molecule has 0 aliphatic rings. The van der Waals surface area contributed by atoms with Gasteiger partial charge < -0.3 is 10.4 Å². The average molecular weight is 489 g/mol. The van der Waals surface area contributed by atoms with Crippen molar-refractivity contribution >= 4 is 37.6 Å². The molecule has 0 fully saturated rings. The molecule has 0 spiro atoms. The topological polar surface area (TPSA) is 121 Å². The van der Waals surface area contributed by atoms with Crippen LogP contribution < -0.4 is 10.0 Å². The van der Waals surface area contributed by atoms with Crippen molar-refractivity contribution in [2.24, 2.45) is 0 Å². The Bertz CT molecular complexity index is 1200. The molecule has 8 nitrogen and oxygen atoms in total. The summed E-state index contributed by atoms with van der Waals surface area (Å²) in [4.78, 5) is 20.4. The number of carbonyl (C=O) groups excluding carboxylic acids is 1.